The van der Waals surface area contributed by atoms with E-state index in [-0.39, 0.29) is 11.3 Å². The van der Waals surface area contributed by atoms with E-state index in [0.717, 1.165) is 10.9 Å². The summed E-state index contributed by atoms with van der Waals surface area (Å²) < 4.78 is 0. The van der Waals surface area contributed by atoms with Gasteiger partial charge in [-0.15, -0.1) is 0 Å². The molecule has 3 heteroatoms. The Morgan fingerprint density at radius 3 is 2.85 bits per heavy atom. The Balaban J connectivity index is 3.01. The van der Waals surface area contributed by atoms with Crippen LogP contribution in [0.25, 0.3) is 10.8 Å². The predicted octanol–water partition coefficient (Wildman–Crippen LogP) is 1.54. The van der Waals surface area contributed by atoms with Crippen LogP contribution in [0.5, 0.6) is 5.75 Å². The predicted molar refractivity (Wildman–Crippen MR) is 51.0 cm³/mol. The summed E-state index contributed by atoms with van der Waals surface area (Å²) in [6, 6.07) is 4.73. The molecule has 0 aliphatic carbocycles. The van der Waals surface area contributed by atoms with Crippen molar-refractivity contribution in [2.45, 2.75) is 6.92 Å². The summed E-state index contributed by atoms with van der Waals surface area (Å²) in [4.78, 5) is 13.9. The third-order valence-electron chi connectivity index (χ3n) is 2.09. The highest BCUT2D eigenvalue weighted by Crippen LogP contribution is 2.19. The van der Waals surface area contributed by atoms with Gasteiger partial charge in [-0.3, -0.25) is 4.79 Å². The zero-order chi connectivity index (χ0) is 9.42. The fraction of sp³-hybridized carbons (Fsp3) is 0.100. The number of aromatic hydroxyl groups is 1. The minimum absolute atomic E-state index is 0.124. The number of aryl methyl sites for hydroxylation is 1. The number of phenols is 1. The van der Waals surface area contributed by atoms with Gasteiger partial charge in [0.05, 0.1) is 0 Å². The molecular weight excluding hydrogens is 166 g/mol. The van der Waals surface area contributed by atoms with Crippen LogP contribution >= 0.6 is 0 Å². The first-order valence-electron chi connectivity index (χ1n) is 3.99. The molecule has 0 aliphatic rings. The Morgan fingerprint density at radius 2 is 2.08 bits per heavy atom. The van der Waals surface area contributed by atoms with Gasteiger partial charge in [-0.25, -0.2) is 0 Å². The molecular formula is C10H9NO2. The largest absolute Gasteiger partial charge is 0.508 e. The van der Waals surface area contributed by atoms with E-state index in [4.69, 9.17) is 0 Å². The molecule has 1 aromatic heterocycles. The van der Waals surface area contributed by atoms with Crippen LogP contribution in [0.3, 0.4) is 0 Å². The lowest BCUT2D eigenvalue weighted by Crippen LogP contribution is -2.05. The Kier molecular flexibility index (Phi) is 1.59. The van der Waals surface area contributed by atoms with Crippen LogP contribution in [0.15, 0.2) is 29.2 Å². The van der Waals surface area contributed by atoms with Gasteiger partial charge in [0, 0.05) is 11.6 Å². The Labute approximate surface area is 74.7 Å². The molecule has 0 fully saturated rings. The van der Waals surface area contributed by atoms with Gasteiger partial charge in [-0.05, 0) is 36.1 Å². The van der Waals surface area contributed by atoms with Gasteiger partial charge in [-0.1, -0.05) is 0 Å². The van der Waals surface area contributed by atoms with E-state index in [1.54, 1.807) is 18.3 Å². The minimum Gasteiger partial charge on any atom is -0.508 e. The molecule has 0 saturated heterocycles. The number of hydrogen-bond donors (Lipinski definition) is 2. The molecule has 2 N–H and O–H groups in total. The van der Waals surface area contributed by atoms with E-state index >= 15 is 0 Å². The summed E-state index contributed by atoms with van der Waals surface area (Å²) >= 11 is 0. The number of phenolic OH excluding ortho intramolecular Hbond substituents is 1. The van der Waals surface area contributed by atoms with Gasteiger partial charge in [0.1, 0.15) is 5.75 Å². The van der Waals surface area contributed by atoms with Crippen molar-refractivity contribution in [3.05, 3.63) is 40.3 Å². The van der Waals surface area contributed by atoms with E-state index in [1.807, 2.05) is 6.92 Å². The van der Waals surface area contributed by atoms with E-state index in [9.17, 15) is 9.90 Å². The third kappa shape index (κ3) is 1.18. The number of H-pyrrole nitrogens is 1. The zero-order valence-corrected chi connectivity index (χ0v) is 7.16. The molecule has 0 saturated carbocycles. The van der Waals surface area contributed by atoms with Gasteiger partial charge in [0.2, 0.25) is 0 Å². The second-order valence-corrected chi connectivity index (χ2v) is 3.03. The van der Waals surface area contributed by atoms with Gasteiger partial charge in [-0.2, -0.15) is 0 Å². The van der Waals surface area contributed by atoms with E-state index in [2.05, 4.69) is 4.98 Å². The molecule has 13 heavy (non-hydrogen) atoms. The van der Waals surface area contributed by atoms with Gasteiger partial charge < -0.3 is 10.1 Å². The lowest BCUT2D eigenvalue weighted by molar-refractivity contribution is 0.476. The van der Waals surface area contributed by atoms with Crippen molar-refractivity contribution in [3.63, 3.8) is 0 Å². The highest BCUT2D eigenvalue weighted by Gasteiger charge is 2.01. The van der Waals surface area contributed by atoms with Crippen LogP contribution in [0.4, 0.5) is 0 Å². The normalized spacial score (nSPS) is 10.5. The second-order valence-electron chi connectivity index (χ2n) is 3.03. The SMILES string of the molecule is Cc1c[nH]c(=O)c2ccc(O)cc12. The standard InChI is InChI=1S/C10H9NO2/c1-6-5-11-10(13)8-3-2-7(12)4-9(6)8/h2-5,12H,1H3,(H,11,13). The van der Waals surface area contributed by atoms with Gasteiger partial charge >= 0.3 is 0 Å². The molecule has 0 radical (unpaired) electrons. The average molecular weight is 175 g/mol. The number of pyridine rings is 1. The molecule has 2 rings (SSSR count). The molecule has 0 atom stereocenters. The first kappa shape index (κ1) is 7.86. The van der Waals surface area contributed by atoms with Crippen LogP contribution in [0.1, 0.15) is 5.56 Å². The lowest BCUT2D eigenvalue weighted by atomic mass is 10.1. The molecule has 2 aromatic rings. The molecule has 66 valence electrons. The quantitative estimate of drug-likeness (QED) is 0.638. The molecule has 0 amide bonds. The summed E-state index contributed by atoms with van der Waals surface area (Å²) in [5.74, 6) is 0.182. The molecule has 3 nitrogen and oxygen atoms in total. The van der Waals surface area contributed by atoms with Crippen LogP contribution in [-0.2, 0) is 0 Å². The molecule has 0 spiro atoms. The Morgan fingerprint density at radius 1 is 1.31 bits per heavy atom. The number of benzene rings is 1. The van der Waals surface area contributed by atoms with Crippen molar-refractivity contribution in [1.29, 1.82) is 0 Å². The second kappa shape index (κ2) is 2.62. The van der Waals surface area contributed by atoms with Crippen molar-refractivity contribution >= 4 is 10.8 Å². The molecule has 1 aromatic carbocycles. The van der Waals surface area contributed by atoms with Gasteiger partial charge in [0.25, 0.3) is 5.56 Å². The monoisotopic (exact) mass is 175 g/mol. The molecule has 0 aliphatic heterocycles. The van der Waals surface area contributed by atoms with Gasteiger partial charge in [0.15, 0.2) is 0 Å². The minimum atomic E-state index is -0.124. The fourth-order valence-corrected chi connectivity index (χ4v) is 1.39. The summed E-state index contributed by atoms with van der Waals surface area (Å²) in [6.07, 6.45) is 1.64. The number of nitrogens with one attached hydrogen (secondary N) is 1. The Bertz CT molecular complexity index is 514. The highest BCUT2D eigenvalue weighted by atomic mass is 16.3. The van der Waals surface area contributed by atoms with Crippen LogP contribution in [0.2, 0.25) is 0 Å². The van der Waals surface area contributed by atoms with Crippen molar-refractivity contribution < 1.29 is 5.11 Å². The Hall–Kier alpha value is -1.77. The maximum absolute atomic E-state index is 11.3. The number of fused-ring (bicyclic) bond motifs is 1. The first-order valence-corrected chi connectivity index (χ1v) is 3.99. The summed E-state index contributed by atoms with van der Waals surface area (Å²) in [6.45, 7) is 1.89. The number of hydrogen-bond acceptors (Lipinski definition) is 2. The number of aromatic nitrogens is 1. The zero-order valence-electron chi connectivity index (χ0n) is 7.16. The average Bonchev–Trinajstić information content (AvgIpc) is 2.12. The van der Waals surface area contributed by atoms with Crippen molar-refractivity contribution in [2.24, 2.45) is 0 Å². The number of aromatic amines is 1. The van der Waals surface area contributed by atoms with Crippen molar-refractivity contribution in [2.75, 3.05) is 0 Å². The first-order chi connectivity index (χ1) is 6.18. The maximum atomic E-state index is 11.3. The van der Waals surface area contributed by atoms with E-state index < -0.39 is 0 Å². The molecule has 0 bridgehead atoms. The van der Waals surface area contributed by atoms with Crippen molar-refractivity contribution in [1.82, 2.24) is 4.98 Å². The van der Waals surface area contributed by atoms with Crippen molar-refractivity contribution in [3.8, 4) is 5.75 Å². The topological polar surface area (TPSA) is 53.1 Å². The maximum Gasteiger partial charge on any atom is 0.255 e. The smallest absolute Gasteiger partial charge is 0.255 e. The summed E-state index contributed by atoms with van der Waals surface area (Å²) in [5, 5.41) is 10.6. The molecule has 1 heterocycles. The van der Waals surface area contributed by atoms with Crippen LogP contribution in [-0.4, -0.2) is 10.1 Å². The van der Waals surface area contributed by atoms with E-state index in [1.165, 1.54) is 6.07 Å². The summed E-state index contributed by atoms with van der Waals surface area (Å²) in [5.41, 5.74) is 0.825. The number of rotatable bonds is 0. The van der Waals surface area contributed by atoms with Crippen LogP contribution in [0, 0.1) is 6.92 Å². The van der Waals surface area contributed by atoms with Crippen LogP contribution < -0.4 is 5.56 Å². The lowest BCUT2D eigenvalue weighted by Gasteiger charge is -2.00. The summed E-state index contributed by atoms with van der Waals surface area (Å²) in [7, 11) is 0. The fourth-order valence-electron chi connectivity index (χ4n) is 1.39. The van der Waals surface area contributed by atoms with E-state index in [0.29, 0.717) is 5.39 Å². The third-order valence-corrected chi connectivity index (χ3v) is 2.09. The highest BCUT2D eigenvalue weighted by molar-refractivity contribution is 5.85. The molecule has 0 unspecified atom stereocenters.